The molecule has 2 N–H and O–H groups in total. The molecule has 0 radical (unpaired) electrons. The van der Waals surface area contributed by atoms with Gasteiger partial charge in [0.1, 0.15) is 18.0 Å². The molecule has 10 nitrogen and oxygen atoms in total. The molecule has 2 aliphatic carbocycles. The number of ketones is 1. The topological polar surface area (TPSA) is 127 Å². The molecular formula is C26H31FN6O4S. The molecule has 1 aromatic carbocycles. The fourth-order valence-corrected chi connectivity index (χ4v) is 6.93. The third-order valence-electron chi connectivity index (χ3n) is 8.07. The standard InChI is InChI=1S/C26H31FN6O4S/c1-14(17-11-15-8-9-16(17)10-15)33-21(12-37-20-7-5-4-6-18(20)27)29-30-25(33)38-13-19(34)22-23(28)31(2)26(36)32(3)24(22)35/h4-7,14-17H,8-13,28H2,1-3H3/t14-,15-,16-,17-/m0/s1. The monoisotopic (exact) mass is 542 g/mol. The fourth-order valence-electron chi connectivity index (χ4n) is 6.02. The van der Waals surface area contributed by atoms with E-state index in [0.717, 1.165) is 33.2 Å². The molecule has 0 spiro atoms. The summed E-state index contributed by atoms with van der Waals surface area (Å²) in [7, 11) is 2.72. The number of Topliss-reactive ketones (excluding diaryl/α,β-unsaturated/α-hetero) is 1. The number of anilines is 1. The first kappa shape index (κ1) is 26.2. The molecule has 0 unspecified atom stereocenters. The van der Waals surface area contributed by atoms with E-state index in [4.69, 9.17) is 10.5 Å². The van der Waals surface area contributed by atoms with Gasteiger partial charge in [0.15, 0.2) is 28.3 Å². The van der Waals surface area contributed by atoms with Crippen LogP contribution in [0.5, 0.6) is 5.75 Å². The summed E-state index contributed by atoms with van der Waals surface area (Å²) < 4.78 is 23.8. The molecule has 12 heteroatoms. The van der Waals surface area contributed by atoms with E-state index in [1.54, 1.807) is 18.2 Å². The van der Waals surface area contributed by atoms with Gasteiger partial charge in [-0.2, -0.15) is 0 Å². The van der Waals surface area contributed by atoms with Crippen LogP contribution < -0.4 is 21.7 Å². The van der Waals surface area contributed by atoms with Crippen LogP contribution in [0.1, 0.15) is 54.8 Å². The third kappa shape index (κ3) is 4.65. The van der Waals surface area contributed by atoms with Gasteiger partial charge in [-0.25, -0.2) is 9.18 Å². The number of halogens is 1. The van der Waals surface area contributed by atoms with Crippen LogP contribution in [0.4, 0.5) is 10.2 Å². The third-order valence-corrected chi connectivity index (χ3v) is 9.01. The van der Waals surface area contributed by atoms with Gasteiger partial charge < -0.3 is 10.5 Å². The van der Waals surface area contributed by atoms with E-state index in [0.29, 0.717) is 22.8 Å². The molecule has 0 saturated heterocycles. The lowest BCUT2D eigenvalue weighted by Gasteiger charge is -2.30. The normalized spacial score (nSPS) is 21.1. The number of thioether (sulfide) groups is 1. The van der Waals surface area contributed by atoms with Crippen molar-refractivity contribution in [2.75, 3.05) is 11.5 Å². The molecule has 5 rings (SSSR count). The lowest BCUT2D eigenvalue weighted by Crippen LogP contribution is -2.41. The number of rotatable bonds is 9. The van der Waals surface area contributed by atoms with Gasteiger partial charge in [0.05, 0.1) is 5.75 Å². The Bertz CT molecular complexity index is 1500. The lowest BCUT2D eigenvalue weighted by molar-refractivity contribution is 0.102. The van der Waals surface area contributed by atoms with Crippen LogP contribution in [-0.4, -0.2) is 35.4 Å². The molecule has 0 aliphatic heterocycles. The number of nitrogens with zero attached hydrogens (tertiary/aromatic N) is 5. The van der Waals surface area contributed by atoms with E-state index in [-0.39, 0.29) is 35.5 Å². The SMILES string of the molecule is C[C@@H]([C@@H]1C[C@H]2CC[C@H]1C2)n1c(COc2ccccc2F)nnc1SCC(=O)c1c(N)n(C)c(=O)n(C)c1=O. The predicted molar refractivity (Wildman–Crippen MR) is 141 cm³/mol. The minimum absolute atomic E-state index is 0.0158. The summed E-state index contributed by atoms with van der Waals surface area (Å²) in [5.74, 6) is 1.22. The van der Waals surface area contributed by atoms with Crippen LogP contribution in [0.15, 0.2) is 39.0 Å². The number of fused-ring (bicyclic) bond motifs is 2. The van der Waals surface area contributed by atoms with Crippen LogP contribution in [0.2, 0.25) is 0 Å². The summed E-state index contributed by atoms with van der Waals surface area (Å²) in [6, 6.07) is 6.23. The van der Waals surface area contributed by atoms with Crippen LogP contribution in [0.25, 0.3) is 0 Å². The van der Waals surface area contributed by atoms with Gasteiger partial charge in [-0.1, -0.05) is 30.3 Å². The van der Waals surface area contributed by atoms with Crippen molar-refractivity contribution in [1.29, 1.82) is 0 Å². The first-order valence-electron chi connectivity index (χ1n) is 12.7. The highest BCUT2D eigenvalue weighted by Gasteiger charge is 2.43. The van der Waals surface area contributed by atoms with Gasteiger partial charge in [-0.3, -0.25) is 23.3 Å². The molecule has 2 fully saturated rings. The zero-order valence-electron chi connectivity index (χ0n) is 21.6. The Morgan fingerprint density at radius 2 is 1.95 bits per heavy atom. The number of para-hydroxylation sites is 1. The molecule has 2 bridgehead atoms. The van der Waals surface area contributed by atoms with Crippen molar-refractivity contribution in [2.45, 2.75) is 50.4 Å². The van der Waals surface area contributed by atoms with E-state index in [9.17, 15) is 18.8 Å². The van der Waals surface area contributed by atoms with E-state index in [2.05, 4.69) is 17.1 Å². The van der Waals surface area contributed by atoms with Gasteiger partial charge in [0.2, 0.25) is 0 Å². The van der Waals surface area contributed by atoms with Crippen molar-refractivity contribution < 1.29 is 13.9 Å². The van der Waals surface area contributed by atoms with Crippen LogP contribution >= 0.6 is 11.8 Å². The zero-order chi connectivity index (χ0) is 27.1. The van der Waals surface area contributed by atoms with E-state index in [1.165, 1.54) is 39.4 Å². The van der Waals surface area contributed by atoms with Gasteiger partial charge in [0.25, 0.3) is 5.56 Å². The minimum atomic E-state index is -0.730. The molecule has 2 aromatic heterocycles. The van der Waals surface area contributed by atoms with Crippen molar-refractivity contribution in [2.24, 2.45) is 31.8 Å². The second kappa shape index (κ2) is 10.4. The molecule has 4 atom stereocenters. The summed E-state index contributed by atoms with van der Waals surface area (Å²) >= 11 is 1.16. The minimum Gasteiger partial charge on any atom is -0.483 e. The highest BCUT2D eigenvalue weighted by Crippen LogP contribution is 2.52. The van der Waals surface area contributed by atoms with E-state index < -0.39 is 22.8 Å². The molecule has 3 aromatic rings. The maximum atomic E-state index is 14.2. The number of nitrogens with two attached hydrogens (primary N) is 1. The number of hydrogen-bond acceptors (Lipinski definition) is 8. The Morgan fingerprint density at radius 1 is 1.18 bits per heavy atom. The van der Waals surface area contributed by atoms with Crippen molar-refractivity contribution in [3.05, 3.63) is 62.3 Å². The Labute approximate surface area is 223 Å². The Kier molecular flexibility index (Phi) is 7.17. The van der Waals surface area contributed by atoms with Gasteiger partial charge in [-0.15, -0.1) is 10.2 Å². The number of aromatic nitrogens is 5. The van der Waals surface area contributed by atoms with Gasteiger partial charge in [-0.05, 0) is 56.1 Å². The smallest absolute Gasteiger partial charge is 0.332 e. The number of nitrogen functional groups attached to an aromatic ring is 1. The second-order valence-corrected chi connectivity index (χ2v) is 11.2. The van der Waals surface area contributed by atoms with Crippen LogP contribution in [0.3, 0.4) is 0 Å². The Morgan fingerprint density at radius 3 is 2.63 bits per heavy atom. The summed E-state index contributed by atoms with van der Waals surface area (Å²) in [5, 5.41) is 9.20. The van der Waals surface area contributed by atoms with Crippen molar-refractivity contribution in [1.82, 2.24) is 23.9 Å². The van der Waals surface area contributed by atoms with Crippen molar-refractivity contribution in [3.63, 3.8) is 0 Å². The zero-order valence-corrected chi connectivity index (χ0v) is 22.4. The molecule has 202 valence electrons. The highest BCUT2D eigenvalue weighted by molar-refractivity contribution is 7.99. The summed E-state index contributed by atoms with van der Waals surface area (Å²) in [5.41, 5.74) is 4.41. The quantitative estimate of drug-likeness (QED) is 0.323. The number of carbonyl (C=O) groups excluding carboxylic acids is 1. The first-order chi connectivity index (χ1) is 18.2. The maximum Gasteiger partial charge on any atom is 0.332 e. The van der Waals surface area contributed by atoms with Gasteiger partial charge >= 0.3 is 5.69 Å². The van der Waals surface area contributed by atoms with Crippen molar-refractivity contribution >= 4 is 23.4 Å². The predicted octanol–water partition coefficient (Wildman–Crippen LogP) is 2.95. The Hall–Kier alpha value is -3.41. The molecule has 2 heterocycles. The molecule has 38 heavy (non-hydrogen) atoms. The molecule has 0 amide bonds. The summed E-state index contributed by atoms with van der Waals surface area (Å²) in [6.45, 7) is 2.15. The number of benzene rings is 1. The first-order valence-corrected chi connectivity index (χ1v) is 13.7. The van der Waals surface area contributed by atoms with Crippen LogP contribution in [0, 0.1) is 23.6 Å². The molecule has 2 aliphatic rings. The number of carbonyl (C=O) groups is 1. The average molecular weight is 543 g/mol. The molecular weight excluding hydrogens is 511 g/mol. The van der Waals surface area contributed by atoms with E-state index in [1.807, 2.05) is 4.57 Å². The fraction of sp³-hybridized carbons (Fsp3) is 0.500. The molecule has 2 saturated carbocycles. The average Bonchev–Trinajstić information content (AvgIpc) is 3.65. The second-order valence-electron chi connectivity index (χ2n) is 10.2. The van der Waals surface area contributed by atoms with Gasteiger partial charge in [0, 0.05) is 20.1 Å². The largest absolute Gasteiger partial charge is 0.483 e. The Balaban J connectivity index is 1.41. The van der Waals surface area contributed by atoms with E-state index >= 15 is 0 Å². The summed E-state index contributed by atoms with van der Waals surface area (Å²) in [6.07, 6.45) is 4.84. The van der Waals surface area contributed by atoms with Crippen LogP contribution in [-0.2, 0) is 20.7 Å². The number of ether oxygens (including phenoxy) is 1. The summed E-state index contributed by atoms with van der Waals surface area (Å²) in [4.78, 5) is 37.9. The highest BCUT2D eigenvalue weighted by atomic mass is 32.2. The maximum absolute atomic E-state index is 14.2. The number of hydrogen-bond donors (Lipinski definition) is 1. The van der Waals surface area contributed by atoms with Crippen molar-refractivity contribution in [3.8, 4) is 5.75 Å². The lowest BCUT2D eigenvalue weighted by atomic mass is 9.84.